The van der Waals surface area contributed by atoms with Crippen molar-refractivity contribution in [1.29, 1.82) is 0 Å². The standard InChI is InChI=1S/C14H20BrN3/c15-13-8-12(9-17-10-13)14(7-11-1-2-11)18-5-3-16-4-6-18/h8-11,14,16H,1-7H2/t14-/m0/s1. The minimum atomic E-state index is 0.560. The number of hydrogen-bond acceptors (Lipinski definition) is 3. The second-order valence-corrected chi connectivity index (χ2v) is 6.33. The van der Waals surface area contributed by atoms with Crippen molar-refractivity contribution < 1.29 is 0 Å². The summed E-state index contributed by atoms with van der Waals surface area (Å²) in [6.45, 7) is 4.54. The van der Waals surface area contributed by atoms with Crippen molar-refractivity contribution in [3.8, 4) is 0 Å². The Morgan fingerprint density at radius 2 is 2.11 bits per heavy atom. The molecule has 0 unspecified atom stereocenters. The van der Waals surface area contributed by atoms with E-state index in [1.165, 1.54) is 24.8 Å². The summed E-state index contributed by atoms with van der Waals surface area (Å²) in [5, 5.41) is 3.43. The van der Waals surface area contributed by atoms with E-state index in [4.69, 9.17) is 0 Å². The highest BCUT2D eigenvalue weighted by Gasteiger charge is 2.30. The molecule has 3 rings (SSSR count). The van der Waals surface area contributed by atoms with Crippen LogP contribution in [-0.4, -0.2) is 36.1 Å². The summed E-state index contributed by atoms with van der Waals surface area (Å²) in [6, 6.07) is 2.80. The first kappa shape index (κ1) is 12.6. The van der Waals surface area contributed by atoms with Crippen molar-refractivity contribution in [2.24, 2.45) is 5.92 Å². The number of hydrogen-bond donors (Lipinski definition) is 1. The fourth-order valence-electron chi connectivity index (χ4n) is 2.77. The summed E-state index contributed by atoms with van der Waals surface area (Å²) >= 11 is 3.54. The Bertz CT molecular complexity index is 400. The summed E-state index contributed by atoms with van der Waals surface area (Å²) in [5.74, 6) is 0.948. The molecule has 1 aliphatic heterocycles. The van der Waals surface area contributed by atoms with E-state index in [-0.39, 0.29) is 0 Å². The van der Waals surface area contributed by atoms with E-state index in [0.717, 1.165) is 36.6 Å². The van der Waals surface area contributed by atoms with Crippen LogP contribution in [0, 0.1) is 5.92 Å². The third-order valence-corrected chi connectivity index (χ3v) is 4.39. The fourth-order valence-corrected chi connectivity index (χ4v) is 3.15. The van der Waals surface area contributed by atoms with E-state index in [2.05, 4.69) is 37.2 Å². The molecule has 1 saturated carbocycles. The average Bonchev–Trinajstić information content (AvgIpc) is 3.21. The lowest BCUT2D eigenvalue weighted by atomic mass is 10.0. The Morgan fingerprint density at radius 1 is 1.33 bits per heavy atom. The maximum atomic E-state index is 4.34. The second kappa shape index (κ2) is 5.68. The molecule has 0 spiro atoms. The lowest BCUT2D eigenvalue weighted by molar-refractivity contribution is 0.160. The molecule has 1 N–H and O–H groups in total. The van der Waals surface area contributed by atoms with Gasteiger partial charge in [0, 0.05) is 49.1 Å². The molecule has 18 heavy (non-hydrogen) atoms. The molecule has 2 fully saturated rings. The first-order valence-corrected chi connectivity index (χ1v) is 7.67. The summed E-state index contributed by atoms with van der Waals surface area (Å²) in [6.07, 6.45) is 8.06. The van der Waals surface area contributed by atoms with Crippen LogP contribution in [0.3, 0.4) is 0 Å². The third-order valence-electron chi connectivity index (χ3n) is 3.96. The number of nitrogens with one attached hydrogen (secondary N) is 1. The Labute approximate surface area is 117 Å². The van der Waals surface area contributed by atoms with Gasteiger partial charge in [-0.3, -0.25) is 9.88 Å². The van der Waals surface area contributed by atoms with Crippen LogP contribution < -0.4 is 5.32 Å². The van der Waals surface area contributed by atoms with Gasteiger partial charge in [0.1, 0.15) is 0 Å². The number of nitrogens with zero attached hydrogens (tertiary/aromatic N) is 2. The van der Waals surface area contributed by atoms with E-state index in [1.54, 1.807) is 0 Å². The van der Waals surface area contributed by atoms with Crippen LogP contribution in [0.4, 0.5) is 0 Å². The van der Waals surface area contributed by atoms with Crippen LogP contribution in [0.2, 0.25) is 0 Å². The van der Waals surface area contributed by atoms with E-state index in [1.807, 2.05) is 12.4 Å². The zero-order valence-corrected chi connectivity index (χ0v) is 12.2. The van der Waals surface area contributed by atoms with E-state index in [9.17, 15) is 0 Å². The molecule has 0 amide bonds. The van der Waals surface area contributed by atoms with Gasteiger partial charge in [0.05, 0.1) is 0 Å². The van der Waals surface area contributed by atoms with Crippen molar-refractivity contribution in [3.63, 3.8) is 0 Å². The zero-order chi connectivity index (χ0) is 12.4. The predicted octanol–water partition coefficient (Wildman–Crippen LogP) is 2.59. The van der Waals surface area contributed by atoms with E-state index in [0.29, 0.717) is 6.04 Å². The van der Waals surface area contributed by atoms with Gasteiger partial charge in [-0.1, -0.05) is 12.8 Å². The topological polar surface area (TPSA) is 28.2 Å². The molecule has 1 aromatic rings. The molecule has 1 saturated heterocycles. The highest BCUT2D eigenvalue weighted by Crippen LogP contribution is 2.40. The summed E-state index contributed by atoms with van der Waals surface area (Å²) in [5.41, 5.74) is 1.37. The van der Waals surface area contributed by atoms with E-state index >= 15 is 0 Å². The van der Waals surface area contributed by atoms with Gasteiger partial charge in [0.15, 0.2) is 0 Å². The van der Waals surface area contributed by atoms with Gasteiger partial charge in [-0.05, 0) is 39.9 Å². The first-order valence-electron chi connectivity index (χ1n) is 6.88. The Morgan fingerprint density at radius 3 is 2.78 bits per heavy atom. The number of pyridine rings is 1. The Hall–Kier alpha value is -0.450. The van der Waals surface area contributed by atoms with Crippen LogP contribution in [0.1, 0.15) is 30.9 Å². The first-order chi connectivity index (χ1) is 8.83. The van der Waals surface area contributed by atoms with Crippen LogP contribution in [0.5, 0.6) is 0 Å². The molecule has 1 aliphatic carbocycles. The third kappa shape index (κ3) is 3.11. The Kier molecular flexibility index (Phi) is 3.97. The van der Waals surface area contributed by atoms with Crippen molar-refractivity contribution >= 4 is 15.9 Å². The summed E-state index contributed by atoms with van der Waals surface area (Å²) < 4.78 is 1.09. The molecule has 1 aromatic heterocycles. The van der Waals surface area contributed by atoms with Gasteiger partial charge in [0.2, 0.25) is 0 Å². The summed E-state index contributed by atoms with van der Waals surface area (Å²) in [7, 11) is 0. The zero-order valence-electron chi connectivity index (χ0n) is 10.6. The van der Waals surface area contributed by atoms with Crippen LogP contribution in [0.25, 0.3) is 0 Å². The Balaban J connectivity index is 1.78. The van der Waals surface area contributed by atoms with Gasteiger partial charge in [-0.2, -0.15) is 0 Å². The normalized spacial score (nSPS) is 22.9. The van der Waals surface area contributed by atoms with Crippen LogP contribution >= 0.6 is 15.9 Å². The monoisotopic (exact) mass is 309 g/mol. The molecule has 0 bridgehead atoms. The molecule has 3 nitrogen and oxygen atoms in total. The van der Waals surface area contributed by atoms with Crippen molar-refractivity contribution in [2.75, 3.05) is 26.2 Å². The lowest BCUT2D eigenvalue weighted by Gasteiger charge is -2.35. The largest absolute Gasteiger partial charge is 0.314 e. The molecular formula is C14H20BrN3. The van der Waals surface area contributed by atoms with Crippen LogP contribution in [0.15, 0.2) is 22.9 Å². The van der Waals surface area contributed by atoms with Crippen molar-refractivity contribution in [1.82, 2.24) is 15.2 Å². The SMILES string of the molecule is Brc1cncc([C@H](CC2CC2)N2CCNCC2)c1. The quantitative estimate of drug-likeness (QED) is 0.926. The van der Waals surface area contributed by atoms with Gasteiger partial charge < -0.3 is 5.32 Å². The smallest absolute Gasteiger partial charge is 0.0410 e. The van der Waals surface area contributed by atoms with Gasteiger partial charge in [-0.25, -0.2) is 0 Å². The number of rotatable bonds is 4. The molecule has 4 heteroatoms. The molecular weight excluding hydrogens is 290 g/mol. The van der Waals surface area contributed by atoms with E-state index < -0.39 is 0 Å². The molecule has 98 valence electrons. The fraction of sp³-hybridized carbons (Fsp3) is 0.643. The van der Waals surface area contributed by atoms with Crippen LogP contribution in [-0.2, 0) is 0 Å². The molecule has 0 aromatic carbocycles. The maximum absolute atomic E-state index is 4.34. The molecule has 2 heterocycles. The van der Waals surface area contributed by atoms with Crippen molar-refractivity contribution in [2.45, 2.75) is 25.3 Å². The molecule has 1 atom stereocenters. The minimum absolute atomic E-state index is 0.560. The number of piperazine rings is 1. The molecule has 0 radical (unpaired) electrons. The lowest BCUT2D eigenvalue weighted by Crippen LogP contribution is -2.45. The predicted molar refractivity (Wildman–Crippen MR) is 76.5 cm³/mol. The highest BCUT2D eigenvalue weighted by atomic mass is 79.9. The van der Waals surface area contributed by atoms with Gasteiger partial charge in [0.25, 0.3) is 0 Å². The number of halogens is 1. The van der Waals surface area contributed by atoms with Gasteiger partial charge >= 0.3 is 0 Å². The van der Waals surface area contributed by atoms with Gasteiger partial charge in [-0.15, -0.1) is 0 Å². The number of aromatic nitrogens is 1. The van der Waals surface area contributed by atoms with Crippen molar-refractivity contribution in [3.05, 3.63) is 28.5 Å². The maximum Gasteiger partial charge on any atom is 0.0410 e. The second-order valence-electron chi connectivity index (χ2n) is 5.42. The molecule has 2 aliphatic rings. The summed E-state index contributed by atoms with van der Waals surface area (Å²) in [4.78, 5) is 6.96. The highest BCUT2D eigenvalue weighted by molar-refractivity contribution is 9.10. The average molecular weight is 310 g/mol. The minimum Gasteiger partial charge on any atom is -0.314 e.